The highest BCUT2D eigenvalue weighted by atomic mass is 16.3. The lowest BCUT2D eigenvalue weighted by Crippen LogP contribution is -2.37. The number of carbonyl (C=O) groups is 2. The highest BCUT2D eigenvalue weighted by Gasteiger charge is 2.24. The molecule has 0 radical (unpaired) electrons. The van der Waals surface area contributed by atoms with Gasteiger partial charge in [-0.2, -0.15) is 0 Å². The maximum Gasteiger partial charge on any atom is 0.289 e. The van der Waals surface area contributed by atoms with Gasteiger partial charge >= 0.3 is 0 Å². The van der Waals surface area contributed by atoms with E-state index in [2.05, 4.69) is 0 Å². The standard InChI is InChI=1S/C19H22N2O3/c1-14-6-7-16(13-15(14)2)18(22)20-8-4-9-21(11-10-20)19(23)17-5-3-12-24-17/h3,5-7,12-13H,4,8-11H2,1-2H3. The van der Waals surface area contributed by atoms with Gasteiger partial charge in [-0.05, 0) is 55.7 Å². The molecule has 0 atom stereocenters. The molecule has 0 spiro atoms. The van der Waals surface area contributed by atoms with Crippen molar-refractivity contribution < 1.29 is 14.0 Å². The van der Waals surface area contributed by atoms with Crippen molar-refractivity contribution in [1.82, 2.24) is 9.80 Å². The minimum atomic E-state index is -0.111. The summed E-state index contributed by atoms with van der Waals surface area (Å²) >= 11 is 0. The summed E-state index contributed by atoms with van der Waals surface area (Å²) in [6.07, 6.45) is 2.27. The van der Waals surface area contributed by atoms with E-state index in [0.29, 0.717) is 37.5 Å². The molecule has 0 unspecified atom stereocenters. The van der Waals surface area contributed by atoms with E-state index in [1.54, 1.807) is 17.0 Å². The van der Waals surface area contributed by atoms with Gasteiger partial charge in [0.05, 0.1) is 6.26 Å². The van der Waals surface area contributed by atoms with Crippen LogP contribution in [0.2, 0.25) is 0 Å². The Labute approximate surface area is 141 Å². The number of furan rings is 1. The summed E-state index contributed by atoms with van der Waals surface area (Å²) in [6.45, 7) is 6.41. The average Bonchev–Trinajstić information content (AvgIpc) is 3.00. The maximum absolute atomic E-state index is 12.7. The fourth-order valence-corrected chi connectivity index (χ4v) is 2.94. The summed E-state index contributed by atoms with van der Waals surface area (Å²) in [5, 5.41) is 0. The van der Waals surface area contributed by atoms with Gasteiger partial charge in [-0.15, -0.1) is 0 Å². The van der Waals surface area contributed by atoms with Gasteiger partial charge in [0.2, 0.25) is 0 Å². The molecule has 0 aliphatic carbocycles. The van der Waals surface area contributed by atoms with E-state index in [-0.39, 0.29) is 11.8 Å². The van der Waals surface area contributed by atoms with Gasteiger partial charge in [0.1, 0.15) is 0 Å². The number of aryl methyl sites for hydroxylation is 2. The molecule has 1 aliphatic rings. The number of rotatable bonds is 2. The van der Waals surface area contributed by atoms with E-state index in [0.717, 1.165) is 12.0 Å². The lowest BCUT2D eigenvalue weighted by atomic mass is 10.1. The Balaban J connectivity index is 1.67. The Morgan fingerprint density at radius 2 is 1.62 bits per heavy atom. The van der Waals surface area contributed by atoms with E-state index < -0.39 is 0 Å². The van der Waals surface area contributed by atoms with Crippen molar-refractivity contribution in [2.75, 3.05) is 26.2 Å². The van der Waals surface area contributed by atoms with Crippen molar-refractivity contribution >= 4 is 11.8 Å². The lowest BCUT2D eigenvalue weighted by molar-refractivity contribution is 0.0700. The first-order valence-electron chi connectivity index (χ1n) is 8.25. The van der Waals surface area contributed by atoms with Crippen LogP contribution >= 0.6 is 0 Å². The van der Waals surface area contributed by atoms with E-state index in [4.69, 9.17) is 4.42 Å². The first-order chi connectivity index (χ1) is 11.6. The van der Waals surface area contributed by atoms with Crippen LogP contribution in [-0.4, -0.2) is 47.8 Å². The molecule has 0 saturated carbocycles. The van der Waals surface area contributed by atoms with Crippen molar-refractivity contribution in [1.29, 1.82) is 0 Å². The molecule has 1 aromatic heterocycles. The zero-order valence-corrected chi connectivity index (χ0v) is 14.1. The second-order valence-corrected chi connectivity index (χ2v) is 6.21. The van der Waals surface area contributed by atoms with Crippen molar-refractivity contribution in [3.05, 3.63) is 59.0 Å². The number of hydrogen-bond donors (Lipinski definition) is 0. The van der Waals surface area contributed by atoms with Crippen molar-refractivity contribution in [3.8, 4) is 0 Å². The van der Waals surface area contributed by atoms with E-state index in [1.807, 2.05) is 36.9 Å². The number of hydrogen-bond acceptors (Lipinski definition) is 3. The molecular formula is C19H22N2O3. The number of nitrogens with zero attached hydrogens (tertiary/aromatic N) is 2. The normalized spacial score (nSPS) is 15.2. The maximum atomic E-state index is 12.7. The van der Waals surface area contributed by atoms with Crippen molar-refractivity contribution in [3.63, 3.8) is 0 Å². The van der Waals surface area contributed by atoms with Crippen LogP contribution in [0.5, 0.6) is 0 Å². The molecule has 5 heteroatoms. The lowest BCUT2D eigenvalue weighted by Gasteiger charge is -2.22. The van der Waals surface area contributed by atoms with E-state index in [9.17, 15) is 9.59 Å². The van der Waals surface area contributed by atoms with Crippen LogP contribution in [0.25, 0.3) is 0 Å². The average molecular weight is 326 g/mol. The number of carbonyl (C=O) groups excluding carboxylic acids is 2. The molecule has 0 N–H and O–H groups in total. The van der Waals surface area contributed by atoms with Gasteiger partial charge in [0, 0.05) is 31.7 Å². The molecule has 5 nitrogen and oxygen atoms in total. The highest BCUT2D eigenvalue weighted by Crippen LogP contribution is 2.15. The molecule has 2 heterocycles. The second kappa shape index (κ2) is 6.91. The molecule has 126 valence electrons. The topological polar surface area (TPSA) is 53.8 Å². The SMILES string of the molecule is Cc1ccc(C(=O)N2CCCN(C(=O)c3ccco3)CC2)cc1C. The smallest absolute Gasteiger partial charge is 0.289 e. The third-order valence-corrected chi connectivity index (χ3v) is 4.56. The summed E-state index contributed by atoms with van der Waals surface area (Å²) in [7, 11) is 0. The molecule has 0 bridgehead atoms. The summed E-state index contributed by atoms with van der Waals surface area (Å²) < 4.78 is 5.19. The largest absolute Gasteiger partial charge is 0.459 e. The minimum Gasteiger partial charge on any atom is -0.459 e. The van der Waals surface area contributed by atoms with Crippen molar-refractivity contribution in [2.45, 2.75) is 20.3 Å². The Morgan fingerprint density at radius 3 is 2.25 bits per heavy atom. The molecule has 24 heavy (non-hydrogen) atoms. The highest BCUT2D eigenvalue weighted by molar-refractivity contribution is 5.95. The van der Waals surface area contributed by atoms with E-state index in [1.165, 1.54) is 11.8 Å². The van der Waals surface area contributed by atoms with Crippen LogP contribution in [0.3, 0.4) is 0 Å². The molecular weight excluding hydrogens is 304 g/mol. The summed E-state index contributed by atoms with van der Waals surface area (Å²) in [5.41, 5.74) is 3.01. The van der Waals surface area contributed by atoms with Gasteiger partial charge in [-0.1, -0.05) is 6.07 Å². The first kappa shape index (κ1) is 16.3. The third kappa shape index (κ3) is 3.35. The van der Waals surface area contributed by atoms with Crippen LogP contribution < -0.4 is 0 Å². The van der Waals surface area contributed by atoms with Gasteiger partial charge in [-0.3, -0.25) is 9.59 Å². The van der Waals surface area contributed by atoms with E-state index >= 15 is 0 Å². The summed E-state index contributed by atoms with van der Waals surface area (Å²) in [6, 6.07) is 9.18. The monoisotopic (exact) mass is 326 g/mol. The third-order valence-electron chi connectivity index (χ3n) is 4.56. The summed E-state index contributed by atoms with van der Waals surface area (Å²) in [4.78, 5) is 28.7. The van der Waals surface area contributed by atoms with Crippen molar-refractivity contribution in [2.24, 2.45) is 0 Å². The minimum absolute atomic E-state index is 0.0328. The molecule has 1 fully saturated rings. The van der Waals surface area contributed by atoms with Crippen LogP contribution in [0.15, 0.2) is 41.0 Å². The molecule has 2 aromatic rings. The fourth-order valence-electron chi connectivity index (χ4n) is 2.94. The van der Waals surface area contributed by atoms with Crippen LogP contribution in [-0.2, 0) is 0 Å². The first-order valence-corrected chi connectivity index (χ1v) is 8.25. The number of amides is 2. The van der Waals surface area contributed by atoms with Crippen LogP contribution in [0.4, 0.5) is 0 Å². The predicted octanol–water partition coefficient (Wildman–Crippen LogP) is 2.88. The Hall–Kier alpha value is -2.56. The van der Waals surface area contributed by atoms with Crippen LogP contribution in [0, 0.1) is 13.8 Å². The molecule has 3 rings (SSSR count). The Bertz CT molecular complexity index is 737. The van der Waals surface area contributed by atoms with Gasteiger partial charge in [0.25, 0.3) is 11.8 Å². The van der Waals surface area contributed by atoms with Gasteiger partial charge in [0.15, 0.2) is 5.76 Å². The zero-order chi connectivity index (χ0) is 17.1. The van der Waals surface area contributed by atoms with Crippen LogP contribution in [0.1, 0.15) is 38.5 Å². The van der Waals surface area contributed by atoms with Gasteiger partial charge < -0.3 is 14.2 Å². The zero-order valence-electron chi connectivity index (χ0n) is 14.1. The fraction of sp³-hybridized carbons (Fsp3) is 0.368. The second-order valence-electron chi connectivity index (χ2n) is 6.21. The van der Waals surface area contributed by atoms with Gasteiger partial charge in [-0.25, -0.2) is 0 Å². The quantitative estimate of drug-likeness (QED) is 0.853. The predicted molar refractivity (Wildman–Crippen MR) is 91.0 cm³/mol. The number of benzene rings is 1. The molecule has 2 amide bonds. The Morgan fingerprint density at radius 1 is 0.917 bits per heavy atom. The summed E-state index contributed by atoms with van der Waals surface area (Å²) in [5.74, 6) is 0.273. The Kier molecular flexibility index (Phi) is 4.69. The molecule has 1 aromatic carbocycles. The molecule has 1 aliphatic heterocycles. The molecule has 1 saturated heterocycles.